The molecule has 40 heteroatoms. The van der Waals surface area contributed by atoms with Gasteiger partial charge in [0.25, 0.3) is 0 Å². The van der Waals surface area contributed by atoms with Gasteiger partial charge in [-0.15, -0.1) is 68.0 Å². The molecule has 15 nitrogen and oxygen atoms in total. The summed E-state index contributed by atoms with van der Waals surface area (Å²) in [5.41, 5.74) is 14.9. The molecule has 0 fully saturated rings. The fourth-order valence-electron chi connectivity index (χ4n) is 20.9. The maximum absolute atomic E-state index is 6.15. The maximum atomic E-state index is 6.15. The van der Waals surface area contributed by atoms with E-state index in [-0.39, 0.29) is 47.8 Å². The number of thiophene rings is 9. The Bertz CT molecular complexity index is 7010. The Morgan fingerprint density at radius 2 is 0.631 bits per heavy atom. The number of halogens is 5. The van der Waals surface area contributed by atoms with Crippen molar-refractivity contribution in [3.8, 4) is 82.7 Å². The van der Waals surface area contributed by atoms with Crippen molar-refractivity contribution in [2.45, 2.75) is 277 Å². The summed E-state index contributed by atoms with van der Waals surface area (Å²) in [4.78, 5) is 45.9. The zero-order valence-corrected chi connectivity index (χ0v) is 120. The van der Waals surface area contributed by atoms with E-state index in [9.17, 15) is 0 Å². The van der Waals surface area contributed by atoms with Gasteiger partial charge in [0, 0.05) is 102 Å². The van der Waals surface area contributed by atoms with Gasteiger partial charge in [-0.05, 0) is 156 Å². The Kier molecular flexibility index (Phi) is 48.7. The van der Waals surface area contributed by atoms with Gasteiger partial charge in [0.1, 0.15) is 90.6 Å². The predicted octanol–water partition coefficient (Wildman–Crippen LogP) is 38.8. The van der Waals surface area contributed by atoms with Gasteiger partial charge in [-0.25, -0.2) is 4.98 Å². The average molecular weight is 3060 g/mol. The van der Waals surface area contributed by atoms with Crippen molar-refractivity contribution < 1.29 is 39.9 Å². The minimum Gasteiger partial charge on any atom is -0.0679 e. The number of rotatable bonds is 41. The molecule has 0 radical (unpaired) electrons. The Morgan fingerprint density at radius 1 is 0.336 bits per heavy atom. The van der Waals surface area contributed by atoms with Crippen LogP contribution in [0.4, 0.5) is 0 Å². The topological polar surface area (TPSA) is 193 Å². The van der Waals surface area contributed by atoms with E-state index in [0.717, 1.165) is 138 Å². The summed E-state index contributed by atoms with van der Waals surface area (Å²) < 4.78 is 62.7. The van der Waals surface area contributed by atoms with Crippen LogP contribution in [0.2, 0.25) is 52.3 Å². The van der Waals surface area contributed by atoms with Crippen LogP contribution in [0, 0.1) is 70.5 Å². The second-order valence-electron chi connectivity index (χ2n) is 39.7. The van der Waals surface area contributed by atoms with Crippen LogP contribution >= 0.6 is 248 Å². The maximum Gasteiger partial charge on any atom is 0.0666 e. The summed E-state index contributed by atoms with van der Waals surface area (Å²) in [5.74, 6) is 3.24. The van der Waals surface area contributed by atoms with Crippen LogP contribution in [0.25, 0.3) is 138 Å². The first-order valence-electron chi connectivity index (χ1n) is 52.7. The van der Waals surface area contributed by atoms with E-state index in [2.05, 4.69) is 342 Å². The largest absolute Gasteiger partial charge is 0.0679 e. The number of hydrogen-bond donors (Lipinski definition) is 0. The quantitative estimate of drug-likeness (QED) is 0.0199. The minimum absolute atomic E-state index is 0. The van der Waals surface area contributed by atoms with Crippen molar-refractivity contribution in [1.82, 2.24) is 68.7 Å². The molecule has 5 unspecified atom stereocenters. The van der Waals surface area contributed by atoms with Gasteiger partial charge in [0.2, 0.25) is 0 Å². The summed E-state index contributed by atoms with van der Waals surface area (Å²) in [7, 11) is -3.84. The Hall–Kier alpha value is -1.66. The van der Waals surface area contributed by atoms with Gasteiger partial charge in [0.15, 0.2) is 0 Å². The van der Waals surface area contributed by atoms with Crippen LogP contribution in [-0.4, -0.2) is 123 Å². The third kappa shape index (κ3) is 29.2. The van der Waals surface area contributed by atoms with E-state index < -0.39 is 52.9 Å². The normalized spacial score (nSPS) is 14.3. The fourth-order valence-corrected chi connectivity index (χ4v) is 74.8. The van der Waals surface area contributed by atoms with Crippen LogP contribution in [0.3, 0.4) is 0 Å². The molecule has 788 valence electrons. The molecule has 2 aliphatic heterocycles. The zero-order chi connectivity index (χ0) is 105. The van der Waals surface area contributed by atoms with Crippen molar-refractivity contribution in [3.63, 3.8) is 0 Å². The fraction of sp³-hybridized carbons (Fsp3) is 0.440. The Balaban J connectivity index is 0.000000156. The summed E-state index contributed by atoms with van der Waals surface area (Å²) >= 11 is 35.5. The number of hydrogen-bond acceptors (Lipinski definition) is 29. The van der Waals surface area contributed by atoms with E-state index >= 15 is 0 Å². The molecule has 19 aromatic rings. The molecule has 0 aliphatic carbocycles. The molecule has 0 spiro atoms. The number of pyridine rings is 5. The number of nitrogens with zero attached hydrogens (tertiary/aromatic N) is 15. The summed E-state index contributed by atoms with van der Waals surface area (Å²) in [6.45, 7) is 28.7. The molecular weight excluding hydrogens is 2920 g/mol. The molecule has 21 rings (SSSR count). The smallest absolute Gasteiger partial charge is 0.0666 e. The molecule has 0 saturated carbocycles. The summed E-state index contributed by atoms with van der Waals surface area (Å²) in [6, 6.07) is 37.6. The van der Waals surface area contributed by atoms with Crippen molar-refractivity contribution in [2.24, 2.45) is 23.7 Å². The van der Waals surface area contributed by atoms with Crippen LogP contribution in [0.15, 0.2) is 161 Å². The van der Waals surface area contributed by atoms with Crippen LogP contribution in [-0.2, 0) is 0 Å². The SMILES string of the molecule is Brc1cnc(-c2cccs2)c2nsnc12.Brc1cnc(-c2cccs2)c2nsnc12.Brc1cnc(Br)c2nsnc12.CCCCC(CC)C[Si]1(CC(CC)CCCC)c2cc(-c3cnc(-c4cccs4)c4nsnc34)sc2-c2sc(-c3cnc(-c4cccs4)c4nsnc34)cc21.CCCCC(CC)C[Si]1(CC(CC)CCCC)c2cc(C)sc2-c2s[c]([Sn]([CH3])([CH3])[CH3])cc21.CCC[CH2][Sn]([CH2]CCC)([CH2]CCC)[c]1cccs1.[3H]PBr.[Th]. The van der Waals surface area contributed by atoms with Crippen molar-refractivity contribution in [1.29, 1.82) is 1.28 Å². The molecule has 149 heavy (non-hydrogen) atoms. The van der Waals surface area contributed by atoms with Gasteiger partial charge in [0.05, 0.1) is 92.8 Å². The van der Waals surface area contributed by atoms with Crippen LogP contribution in [0.5, 0.6) is 0 Å². The zero-order valence-electron chi connectivity index (χ0n) is 88.5. The van der Waals surface area contributed by atoms with E-state index in [1.165, 1.54) is 244 Å². The van der Waals surface area contributed by atoms with Gasteiger partial charge < -0.3 is 0 Å². The second kappa shape index (κ2) is 59.8. The van der Waals surface area contributed by atoms with Crippen molar-refractivity contribution >= 4 is 382 Å². The third-order valence-electron chi connectivity index (χ3n) is 28.9. The van der Waals surface area contributed by atoms with Gasteiger partial charge in [-0.1, -0.05) is 127 Å². The summed E-state index contributed by atoms with van der Waals surface area (Å²) in [5, 5.41) is 17.7. The molecule has 0 bridgehead atoms. The average Bonchev–Trinajstić information content (AvgIpc) is 1.54. The molecule has 5 atom stereocenters. The van der Waals surface area contributed by atoms with Gasteiger partial charge in [-0.2, -0.15) is 43.7 Å². The molecule has 21 heterocycles. The van der Waals surface area contributed by atoms with Crippen LogP contribution < -0.4 is 26.5 Å². The van der Waals surface area contributed by atoms with Crippen molar-refractivity contribution in [2.75, 3.05) is 0 Å². The van der Waals surface area contributed by atoms with Crippen LogP contribution in [0.1, 0.15) is 222 Å². The van der Waals surface area contributed by atoms with E-state index in [4.69, 9.17) is 28.7 Å². The molecule has 19 aromatic heterocycles. The van der Waals surface area contributed by atoms with Gasteiger partial charge in [-0.3, -0.25) is 19.9 Å². The number of aryl methyl sites for hydroxylation is 1. The number of aromatic nitrogens is 15. The molecule has 0 amide bonds. The predicted molar refractivity (Wildman–Crippen MR) is 691 cm³/mol. The number of unbranched alkanes of at least 4 members (excludes halogenated alkanes) is 7. The molecular formula is C109H133Br5N15PS14Si2Sn2Th. The molecule has 0 saturated heterocycles. The first kappa shape index (κ1) is 121. The molecule has 0 N–H and O–H groups in total. The monoisotopic (exact) mass is 3060 g/mol. The Morgan fingerprint density at radius 3 is 0.960 bits per heavy atom. The van der Waals surface area contributed by atoms with E-state index in [1.54, 1.807) is 102 Å². The first-order valence-corrected chi connectivity index (χ1v) is 91.7. The molecule has 0 aromatic carbocycles. The van der Waals surface area contributed by atoms with E-state index in [1.807, 2.05) is 73.9 Å². The first-order chi connectivity index (χ1) is 72.5. The standard InChI is InChI=1S/C42H44N6S6Si.C25H39S2Si.2C9H4BrN3S2.C5HBr2N3S.C4H3S.3C4H9.3CH3.BrH2P.2Sn.Th/c1-5-9-13-25(7-3)23-55(24-26(8-4)14-10-6-2)33-19-31(27-21-43-37(29-15-11-17-49-29)39-35(27)45-53-47-39)51-41(33)42-34(55)20-32(52-42)28-22-44-38(30-16-12-18-50-30)40-36(28)46-54-48-40;1-6-10-12-20(8-3)17-28(18-21(9-4)13-11-7-2)22-14-15-26-24(22)25-23(28)16-19(5)27-25;2*10-5-4-11-8(6-2-1-3-14-6)9-7(5)12-15-13-9;6-2-1-8-5(7)4-3(2)9-11-10-4;1-2-4-5-3-1;3*1-3-4-2;;;;1-2;;;/h11-12,15-22,25-26H,5-10,13-14,23-24H2,1-4H3;14,16,20-21H,6-13,17-18H2,1-5H3;2*1-4H;1H;1-3H;3*1,3-4H2,2H3;3*1H3;2H2;;;/i;;;;;;;;;;;;2T;;;. The summed E-state index contributed by atoms with van der Waals surface area (Å²) in [6.07, 6.45) is 39.2. The third-order valence-corrected chi connectivity index (χ3v) is 82.4. The van der Waals surface area contributed by atoms with E-state index in [0.29, 0.717) is 11.8 Å². The molecule has 2 aliphatic rings. The van der Waals surface area contributed by atoms with Crippen molar-refractivity contribution in [3.05, 3.63) is 166 Å². The second-order valence-corrected chi connectivity index (χ2v) is 92.5. The number of fused-ring (bicyclic) bond motifs is 11. The minimum atomic E-state index is -2.26. The van der Waals surface area contributed by atoms with Gasteiger partial charge >= 0.3 is 337 Å². The Labute approximate surface area is 1030 Å².